The van der Waals surface area contributed by atoms with Crippen LogP contribution in [0.25, 0.3) is 106 Å². The molecular formula is C56H37N5. The van der Waals surface area contributed by atoms with Gasteiger partial charge in [-0.1, -0.05) is 188 Å². The number of pyridine rings is 1. The molecule has 0 N–H and O–H groups in total. The molecule has 0 saturated heterocycles. The zero-order valence-electron chi connectivity index (χ0n) is 33.1. The molecule has 3 aromatic heterocycles. The van der Waals surface area contributed by atoms with E-state index in [0.717, 1.165) is 55.8 Å². The van der Waals surface area contributed by atoms with E-state index in [9.17, 15) is 0 Å². The quantitative estimate of drug-likeness (QED) is 0.154. The van der Waals surface area contributed by atoms with Crippen molar-refractivity contribution in [2.75, 3.05) is 0 Å². The van der Waals surface area contributed by atoms with Gasteiger partial charge >= 0.3 is 0 Å². The smallest absolute Gasteiger partial charge is 0.164 e. The monoisotopic (exact) mass is 779 g/mol. The maximum Gasteiger partial charge on any atom is 0.164 e. The maximum atomic E-state index is 5.13. The summed E-state index contributed by atoms with van der Waals surface area (Å²) in [5.74, 6) is 1.88. The Morgan fingerprint density at radius 3 is 1.10 bits per heavy atom. The van der Waals surface area contributed by atoms with E-state index in [1.54, 1.807) is 0 Å². The molecule has 11 rings (SSSR count). The largest absolute Gasteiger partial charge is 0.306 e. The molecule has 286 valence electrons. The molecular weight excluding hydrogens is 743 g/mol. The van der Waals surface area contributed by atoms with Crippen molar-refractivity contribution < 1.29 is 0 Å². The van der Waals surface area contributed by atoms with Gasteiger partial charge in [-0.3, -0.25) is 4.98 Å². The van der Waals surface area contributed by atoms with Crippen LogP contribution < -0.4 is 0 Å². The van der Waals surface area contributed by atoms with Crippen molar-refractivity contribution in [3.63, 3.8) is 0 Å². The molecule has 0 unspecified atom stereocenters. The molecule has 5 nitrogen and oxygen atoms in total. The van der Waals surface area contributed by atoms with Crippen LogP contribution in [-0.2, 0) is 0 Å². The van der Waals surface area contributed by atoms with Gasteiger partial charge in [0.2, 0.25) is 0 Å². The first-order valence-electron chi connectivity index (χ1n) is 20.5. The van der Waals surface area contributed by atoms with Gasteiger partial charge in [0, 0.05) is 44.8 Å². The van der Waals surface area contributed by atoms with Gasteiger partial charge in [0.15, 0.2) is 17.5 Å². The van der Waals surface area contributed by atoms with Crippen LogP contribution in [0.15, 0.2) is 225 Å². The second-order valence-corrected chi connectivity index (χ2v) is 15.1. The van der Waals surface area contributed by atoms with Crippen molar-refractivity contribution in [1.82, 2.24) is 24.5 Å². The summed E-state index contributed by atoms with van der Waals surface area (Å²) < 4.78 is 2.41. The molecule has 0 radical (unpaired) electrons. The molecule has 11 aromatic rings. The lowest BCUT2D eigenvalue weighted by Crippen LogP contribution is -2.03. The third-order valence-corrected chi connectivity index (χ3v) is 11.3. The summed E-state index contributed by atoms with van der Waals surface area (Å²) >= 11 is 0. The highest BCUT2D eigenvalue weighted by molar-refractivity contribution is 6.12. The Labute approximate surface area is 354 Å². The molecule has 0 aliphatic heterocycles. The standard InChI is InChI=1S/C56H37N5/c1-6-16-38(17-7-1)45-30-32-50-48(36-45)49-37-46(39-18-8-2-9-19-39)31-33-51(49)61(50)53-47(34-35-57-52(53)41-20-10-3-11-21-41)40-26-28-44(29-27-40)56-59-54(42-22-12-4-13-23-42)58-55(60-56)43-24-14-5-15-25-43/h1-37H. The fraction of sp³-hybridized carbons (Fsp3) is 0. The molecule has 0 atom stereocenters. The Morgan fingerprint density at radius 2 is 0.656 bits per heavy atom. The van der Waals surface area contributed by atoms with Crippen LogP contribution in [0.3, 0.4) is 0 Å². The van der Waals surface area contributed by atoms with E-state index < -0.39 is 0 Å². The topological polar surface area (TPSA) is 56.5 Å². The Hall–Kier alpha value is -8.28. The van der Waals surface area contributed by atoms with Crippen LogP contribution in [0.4, 0.5) is 0 Å². The van der Waals surface area contributed by atoms with E-state index in [-0.39, 0.29) is 0 Å². The minimum atomic E-state index is 0.616. The van der Waals surface area contributed by atoms with Crippen LogP contribution in [-0.4, -0.2) is 24.5 Å². The van der Waals surface area contributed by atoms with Crippen molar-refractivity contribution >= 4 is 21.8 Å². The molecule has 0 spiro atoms. The maximum absolute atomic E-state index is 5.13. The molecule has 3 heterocycles. The Morgan fingerprint density at radius 1 is 0.295 bits per heavy atom. The molecule has 5 heteroatoms. The summed E-state index contributed by atoms with van der Waals surface area (Å²) in [4.78, 5) is 20.0. The number of fused-ring (bicyclic) bond motifs is 3. The van der Waals surface area contributed by atoms with Crippen LogP contribution in [0.5, 0.6) is 0 Å². The predicted molar refractivity (Wildman–Crippen MR) is 250 cm³/mol. The van der Waals surface area contributed by atoms with E-state index in [0.29, 0.717) is 17.5 Å². The van der Waals surface area contributed by atoms with E-state index in [1.165, 1.54) is 33.0 Å². The summed E-state index contributed by atoms with van der Waals surface area (Å²) in [5, 5.41) is 2.35. The Bertz CT molecular complexity index is 3160. The van der Waals surface area contributed by atoms with Crippen molar-refractivity contribution in [3.8, 4) is 84.5 Å². The molecule has 0 saturated carbocycles. The SMILES string of the molecule is c1ccc(-c2ccc3c(c2)c2cc(-c4ccccc4)ccc2n3-c2c(-c3ccc(-c4nc(-c5ccccc5)nc(-c5ccccc5)n4)cc3)ccnc2-c2ccccc2)cc1. The first-order valence-corrected chi connectivity index (χ1v) is 20.5. The second kappa shape index (κ2) is 15.5. The minimum absolute atomic E-state index is 0.616. The molecule has 0 bridgehead atoms. The first kappa shape index (κ1) is 35.8. The molecule has 0 amide bonds. The van der Waals surface area contributed by atoms with Crippen LogP contribution in [0.1, 0.15) is 0 Å². The lowest BCUT2D eigenvalue weighted by Gasteiger charge is -2.18. The van der Waals surface area contributed by atoms with Crippen LogP contribution in [0, 0.1) is 0 Å². The average molecular weight is 780 g/mol. The van der Waals surface area contributed by atoms with Gasteiger partial charge in [0.25, 0.3) is 0 Å². The van der Waals surface area contributed by atoms with Gasteiger partial charge in [-0.25, -0.2) is 15.0 Å². The molecule has 8 aromatic carbocycles. The highest BCUT2D eigenvalue weighted by Crippen LogP contribution is 2.42. The van der Waals surface area contributed by atoms with Crippen LogP contribution in [0.2, 0.25) is 0 Å². The van der Waals surface area contributed by atoms with Gasteiger partial charge in [-0.15, -0.1) is 0 Å². The third-order valence-electron chi connectivity index (χ3n) is 11.3. The average Bonchev–Trinajstić information content (AvgIpc) is 3.67. The van der Waals surface area contributed by atoms with Gasteiger partial charge in [-0.2, -0.15) is 0 Å². The number of rotatable bonds is 8. The summed E-state index contributed by atoms with van der Waals surface area (Å²) in [6, 6.07) is 76.3. The normalized spacial score (nSPS) is 11.3. The number of hydrogen-bond donors (Lipinski definition) is 0. The number of benzene rings is 8. The number of nitrogens with zero attached hydrogens (tertiary/aromatic N) is 5. The fourth-order valence-electron chi connectivity index (χ4n) is 8.34. The summed E-state index contributed by atoms with van der Waals surface area (Å²) in [6.07, 6.45) is 1.92. The van der Waals surface area contributed by atoms with E-state index >= 15 is 0 Å². The predicted octanol–water partition coefficient (Wildman–Crippen LogP) is 14.0. The van der Waals surface area contributed by atoms with Crippen molar-refractivity contribution in [2.45, 2.75) is 0 Å². The molecule has 0 fully saturated rings. The molecule has 0 aliphatic rings. The highest BCUT2D eigenvalue weighted by Gasteiger charge is 2.22. The van der Waals surface area contributed by atoms with Crippen LogP contribution >= 0.6 is 0 Å². The van der Waals surface area contributed by atoms with Gasteiger partial charge in [-0.05, 0) is 58.1 Å². The fourth-order valence-corrected chi connectivity index (χ4v) is 8.34. The molecule has 61 heavy (non-hydrogen) atoms. The van der Waals surface area contributed by atoms with Crippen molar-refractivity contribution in [1.29, 1.82) is 0 Å². The van der Waals surface area contributed by atoms with E-state index in [4.69, 9.17) is 19.9 Å². The van der Waals surface area contributed by atoms with Gasteiger partial charge < -0.3 is 4.57 Å². The van der Waals surface area contributed by atoms with Gasteiger partial charge in [0.1, 0.15) is 0 Å². The van der Waals surface area contributed by atoms with Crippen molar-refractivity contribution in [3.05, 3.63) is 225 Å². The lowest BCUT2D eigenvalue weighted by molar-refractivity contribution is 1.07. The summed E-state index contributed by atoms with van der Waals surface area (Å²) in [5.41, 5.74) is 14.8. The Kier molecular flexibility index (Phi) is 9.10. The summed E-state index contributed by atoms with van der Waals surface area (Å²) in [6.45, 7) is 0. The molecule has 0 aliphatic carbocycles. The zero-order valence-corrected chi connectivity index (χ0v) is 33.1. The zero-order chi connectivity index (χ0) is 40.5. The minimum Gasteiger partial charge on any atom is -0.306 e. The van der Waals surface area contributed by atoms with Crippen molar-refractivity contribution in [2.24, 2.45) is 0 Å². The highest BCUT2D eigenvalue weighted by atomic mass is 15.0. The van der Waals surface area contributed by atoms with Gasteiger partial charge in [0.05, 0.1) is 22.4 Å². The van der Waals surface area contributed by atoms with E-state index in [1.807, 2.05) is 66.9 Å². The second-order valence-electron chi connectivity index (χ2n) is 15.1. The number of aromatic nitrogens is 5. The number of hydrogen-bond acceptors (Lipinski definition) is 4. The first-order chi connectivity index (χ1) is 30.2. The summed E-state index contributed by atoms with van der Waals surface area (Å²) in [7, 11) is 0. The third kappa shape index (κ3) is 6.74. The lowest BCUT2D eigenvalue weighted by atomic mass is 9.98. The van der Waals surface area contributed by atoms with E-state index in [2.05, 4.69) is 162 Å². The Balaban J connectivity index is 1.12.